The fourth-order valence-corrected chi connectivity index (χ4v) is 3.15. The summed E-state index contributed by atoms with van der Waals surface area (Å²) in [6.45, 7) is -2.75. The van der Waals surface area contributed by atoms with Crippen LogP contribution in [0.25, 0.3) is 0 Å². The quantitative estimate of drug-likeness (QED) is 0.0650. The Kier molecular flexibility index (Phi) is 12.4. The Labute approximate surface area is 228 Å². The first-order valence-electron chi connectivity index (χ1n) is 11.9. The number of imide groups is 1. The molecule has 7 N–H and O–H groups in total. The fraction of sp³-hybridized carbons (Fsp3) is 0.333. The molecule has 1 heterocycles. The van der Waals surface area contributed by atoms with Crippen LogP contribution in [0.15, 0.2) is 42.5 Å². The van der Waals surface area contributed by atoms with Crippen LogP contribution in [0.4, 0.5) is 0 Å². The molecule has 16 nitrogen and oxygen atoms in total. The van der Waals surface area contributed by atoms with Crippen molar-refractivity contribution in [1.82, 2.24) is 31.5 Å². The Hall–Kier alpha value is -5.12. The number of carbonyl (C=O) groups excluding carboxylic acids is 8. The summed E-state index contributed by atoms with van der Waals surface area (Å²) in [6.07, 6.45) is 2.12. The average Bonchev–Trinajstić information content (AvgIpc) is 3.23. The van der Waals surface area contributed by atoms with Gasteiger partial charge in [-0.15, -0.1) is 0 Å². The molecular weight excluding hydrogens is 530 g/mol. The molecule has 1 aliphatic heterocycles. The number of rotatable bonds is 16. The molecule has 8 amide bonds. The molecular formula is C24H29N7O9. The molecule has 1 unspecified atom stereocenters. The predicted octanol–water partition coefficient (Wildman–Crippen LogP) is -4.44. The summed E-state index contributed by atoms with van der Waals surface area (Å²) in [4.78, 5) is 95.3. The third kappa shape index (κ3) is 11.5. The van der Waals surface area contributed by atoms with Crippen LogP contribution in [-0.2, 0) is 49.5 Å². The van der Waals surface area contributed by atoms with Gasteiger partial charge in [-0.1, -0.05) is 30.3 Å². The number of nitrogens with zero attached hydrogens (tertiary/aromatic N) is 1. The Bertz CT molecular complexity index is 1150. The smallest absolute Gasteiger partial charge is 0.254 e. The highest BCUT2D eigenvalue weighted by Crippen LogP contribution is 2.04. The molecule has 0 fully saturated rings. The molecule has 0 radical (unpaired) electrons. The van der Waals surface area contributed by atoms with E-state index in [2.05, 4.69) is 26.6 Å². The van der Waals surface area contributed by atoms with Crippen molar-refractivity contribution in [3.05, 3.63) is 48.0 Å². The number of hydrogen-bond donors (Lipinski definition) is 6. The Balaban J connectivity index is 1.80. The molecule has 16 heteroatoms. The monoisotopic (exact) mass is 559 g/mol. The van der Waals surface area contributed by atoms with Gasteiger partial charge in [-0.2, -0.15) is 0 Å². The summed E-state index contributed by atoms with van der Waals surface area (Å²) in [7, 11) is 0. The van der Waals surface area contributed by atoms with Crippen molar-refractivity contribution < 1.29 is 43.1 Å². The maximum atomic E-state index is 12.7. The molecule has 1 aromatic carbocycles. The summed E-state index contributed by atoms with van der Waals surface area (Å²) in [6, 6.07) is 7.62. The lowest BCUT2D eigenvalue weighted by Crippen LogP contribution is -2.52. The molecule has 40 heavy (non-hydrogen) atoms. The van der Waals surface area contributed by atoms with Crippen LogP contribution in [0.2, 0.25) is 0 Å². The largest absolute Gasteiger partial charge is 0.368 e. The van der Waals surface area contributed by atoms with Crippen molar-refractivity contribution >= 4 is 47.3 Å². The first-order chi connectivity index (χ1) is 19.0. The van der Waals surface area contributed by atoms with Gasteiger partial charge in [-0.05, 0) is 5.56 Å². The number of hydrogen-bond acceptors (Lipinski definition) is 9. The van der Waals surface area contributed by atoms with Crippen LogP contribution in [0.3, 0.4) is 0 Å². The number of primary amides is 1. The van der Waals surface area contributed by atoms with E-state index in [4.69, 9.17) is 10.5 Å². The minimum Gasteiger partial charge on any atom is -0.368 e. The zero-order valence-electron chi connectivity index (χ0n) is 21.3. The van der Waals surface area contributed by atoms with Crippen LogP contribution < -0.4 is 32.3 Å². The van der Waals surface area contributed by atoms with E-state index < -0.39 is 79.5 Å². The van der Waals surface area contributed by atoms with Gasteiger partial charge >= 0.3 is 0 Å². The molecule has 1 aromatic rings. The van der Waals surface area contributed by atoms with Crippen LogP contribution in [0.1, 0.15) is 5.56 Å². The Morgan fingerprint density at radius 2 is 1.35 bits per heavy atom. The van der Waals surface area contributed by atoms with E-state index in [-0.39, 0.29) is 19.8 Å². The maximum Gasteiger partial charge on any atom is 0.254 e. The molecule has 0 bridgehead atoms. The highest BCUT2D eigenvalue weighted by atomic mass is 16.5. The number of carbonyl (C=O) groups is 8. The van der Waals surface area contributed by atoms with Crippen LogP contribution >= 0.6 is 0 Å². The van der Waals surface area contributed by atoms with Gasteiger partial charge in [0, 0.05) is 18.6 Å². The minimum atomic E-state index is -1.10. The molecule has 214 valence electrons. The van der Waals surface area contributed by atoms with E-state index in [1.54, 1.807) is 30.3 Å². The lowest BCUT2D eigenvalue weighted by atomic mass is 10.1. The lowest BCUT2D eigenvalue weighted by Gasteiger charge is -2.19. The molecule has 0 saturated heterocycles. The van der Waals surface area contributed by atoms with E-state index in [1.165, 1.54) is 0 Å². The van der Waals surface area contributed by atoms with Gasteiger partial charge in [0.05, 0.1) is 19.6 Å². The van der Waals surface area contributed by atoms with Gasteiger partial charge < -0.3 is 37.1 Å². The van der Waals surface area contributed by atoms with Crippen LogP contribution in [-0.4, -0.2) is 97.7 Å². The first-order valence-corrected chi connectivity index (χ1v) is 11.9. The second kappa shape index (κ2) is 16.0. The Morgan fingerprint density at radius 3 is 2.00 bits per heavy atom. The number of nitrogens with two attached hydrogens (primary N) is 1. The van der Waals surface area contributed by atoms with E-state index in [1.807, 2.05) is 0 Å². The first kappa shape index (κ1) is 31.1. The molecule has 0 aliphatic carbocycles. The van der Waals surface area contributed by atoms with Crippen LogP contribution in [0, 0.1) is 0 Å². The molecule has 0 saturated carbocycles. The number of amides is 8. The average molecular weight is 560 g/mol. The van der Waals surface area contributed by atoms with Crippen molar-refractivity contribution in [3.63, 3.8) is 0 Å². The van der Waals surface area contributed by atoms with Gasteiger partial charge in [-0.3, -0.25) is 43.3 Å². The SMILES string of the molecule is NC(=O)COCNC(=O)CNC(=O)C(Cc1ccccc1)NC(=O)CNC(=O)CNC(=O)CN1C(=O)C=CC1=O. The third-order valence-electron chi connectivity index (χ3n) is 5.07. The van der Waals surface area contributed by atoms with Crippen LogP contribution in [0.5, 0.6) is 0 Å². The fourth-order valence-electron chi connectivity index (χ4n) is 3.15. The summed E-state index contributed by atoms with van der Waals surface area (Å²) in [5.74, 6) is -5.52. The standard InChI is InChI=1S/C24H29N7O9/c25-17(32)13-40-14-29-19(34)10-28-24(39)16(8-15-4-2-1-3-5-15)30-20(35)11-26-18(33)9-27-21(36)12-31-22(37)6-7-23(31)38/h1-7,16H,8-14H2,(H2,25,32)(H,26,33)(H,27,36)(H,28,39)(H,29,34)(H,30,35). The summed E-state index contributed by atoms with van der Waals surface area (Å²) >= 11 is 0. The second-order valence-corrected chi connectivity index (χ2v) is 8.24. The normalized spacial score (nSPS) is 12.8. The topological polar surface area (TPSA) is 235 Å². The molecule has 0 spiro atoms. The third-order valence-corrected chi connectivity index (χ3v) is 5.07. The van der Waals surface area contributed by atoms with Crippen molar-refractivity contribution in [2.24, 2.45) is 5.73 Å². The van der Waals surface area contributed by atoms with Gasteiger partial charge in [0.15, 0.2) is 0 Å². The van der Waals surface area contributed by atoms with E-state index in [0.717, 1.165) is 12.2 Å². The zero-order valence-corrected chi connectivity index (χ0v) is 21.3. The van der Waals surface area contributed by atoms with Crippen molar-refractivity contribution in [2.75, 3.05) is 39.5 Å². The zero-order chi connectivity index (χ0) is 29.5. The predicted molar refractivity (Wildman–Crippen MR) is 135 cm³/mol. The number of benzene rings is 1. The molecule has 1 atom stereocenters. The van der Waals surface area contributed by atoms with Crippen molar-refractivity contribution in [3.8, 4) is 0 Å². The summed E-state index contributed by atoms with van der Waals surface area (Å²) in [5.41, 5.74) is 5.62. The summed E-state index contributed by atoms with van der Waals surface area (Å²) in [5, 5.41) is 11.7. The maximum absolute atomic E-state index is 12.7. The highest BCUT2D eigenvalue weighted by Gasteiger charge is 2.26. The van der Waals surface area contributed by atoms with Crippen molar-refractivity contribution in [2.45, 2.75) is 12.5 Å². The van der Waals surface area contributed by atoms with Gasteiger partial charge in [0.25, 0.3) is 11.8 Å². The van der Waals surface area contributed by atoms with Gasteiger partial charge in [0.1, 0.15) is 25.9 Å². The second-order valence-electron chi connectivity index (χ2n) is 8.24. The molecule has 1 aliphatic rings. The van der Waals surface area contributed by atoms with Gasteiger partial charge in [0.2, 0.25) is 35.4 Å². The number of nitrogens with one attached hydrogen (secondary N) is 5. The summed E-state index contributed by atoms with van der Waals surface area (Å²) < 4.78 is 4.80. The molecule has 0 aromatic heterocycles. The van der Waals surface area contributed by atoms with E-state index >= 15 is 0 Å². The van der Waals surface area contributed by atoms with Gasteiger partial charge in [-0.25, -0.2) is 0 Å². The number of ether oxygens (including phenoxy) is 1. The van der Waals surface area contributed by atoms with E-state index in [9.17, 15) is 38.4 Å². The minimum absolute atomic E-state index is 0.0779. The lowest BCUT2D eigenvalue weighted by molar-refractivity contribution is -0.141. The highest BCUT2D eigenvalue weighted by molar-refractivity contribution is 6.14. The van der Waals surface area contributed by atoms with Crippen molar-refractivity contribution in [1.29, 1.82) is 0 Å². The molecule has 2 rings (SSSR count). The Morgan fingerprint density at radius 1 is 0.775 bits per heavy atom. The van der Waals surface area contributed by atoms with E-state index in [0.29, 0.717) is 10.5 Å².